The lowest BCUT2D eigenvalue weighted by molar-refractivity contribution is -0.124. The molecule has 0 fully saturated rings. The Morgan fingerprint density at radius 2 is 2.50 bits per heavy atom. The van der Waals surface area contributed by atoms with Crippen LogP contribution in [0, 0.1) is 5.92 Å². The molecule has 6 heteroatoms. The summed E-state index contributed by atoms with van der Waals surface area (Å²) in [6.45, 7) is 2.43. The van der Waals surface area contributed by atoms with Crippen LogP contribution in [-0.4, -0.2) is 17.4 Å². The van der Waals surface area contributed by atoms with Gasteiger partial charge in [-0.15, -0.1) is 0 Å². The lowest BCUT2D eigenvalue weighted by Crippen LogP contribution is -2.32. The molecule has 78 valence electrons. The molecular formula is C8H13N3O2S. The van der Waals surface area contributed by atoms with Gasteiger partial charge in [-0.3, -0.25) is 9.59 Å². The third-order valence-corrected chi connectivity index (χ3v) is 2.54. The number of H-pyrrole nitrogens is 1. The molecule has 14 heavy (non-hydrogen) atoms. The minimum Gasteiger partial charge on any atom is -0.350 e. The zero-order valence-electron chi connectivity index (χ0n) is 7.87. The molecule has 1 rings (SSSR count). The summed E-state index contributed by atoms with van der Waals surface area (Å²) in [6.07, 6.45) is 0. The summed E-state index contributed by atoms with van der Waals surface area (Å²) >= 11 is 1.08. The van der Waals surface area contributed by atoms with Crippen LogP contribution in [0.25, 0.3) is 0 Å². The molecule has 0 radical (unpaired) electrons. The highest BCUT2D eigenvalue weighted by Crippen LogP contribution is 1.96. The van der Waals surface area contributed by atoms with Crippen LogP contribution in [0.2, 0.25) is 0 Å². The van der Waals surface area contributed by atoms with E-state index in [9.17, 15) is 9.59 Å². The molecule has 0 aliphatic heterocycles. The van der Waals surface area contributed by atoms with Crippen molar-refractivity contribution in [2.75, 3.05) is 6.54 Å². The SMILES string of the molecule is CC(CN)C(=O)NCc1csc(=O)[nH]1. The molecule has 0 aromatic carbocycles. The number of nitrogens with two attached hydrogens (primary N) is 1. The highest BCUT2D eigenvalue weighted by Gasteiger charge is 2.09. The van der Waals surface area contributed by atoms with Crippen molar-refractivity contribution in [1.29, 1.82) is 0 Å². The van der Waals surface area contributed by atoms with Crippen molar-refractivity contribution in [3.8, 4) is 0 Å². The van der Waals surface area contributed by atoms with E-state index in [-0.39, 0.29) is 16.7 Å². The third-order valence-electron chi connectivity index (χ3n) is 1.83. The van der Waals surface area contributed by atoms with Gasteiger partial charge >= 0.3 is 4.87 Å². The van der Waals surface area contributed by atoms with E-state index in [2.05, 4.69) is 10.3 Å². The summed E-state index contributed by atoms with van der Waals surface area (Å²) in [5.41, 5.74) is 6.05. The van der Waals surface area contributed by atoms with Crippen LogP contribution in [0.5, 0.6) is 0 Å². The fraction of sp³-hybridized carbons (Fsp3) is 0.500. The molecule has 5 nitrogen and oxygen atoms in total. The first kappa shape index (κ1) is 10.9. The van der Waals surface area contributed by atoms with Crippen LogP contribution in [0.1, 0.15) is 12.6 Å². The first-order valence-electron chi connectivity index (χ1n) is 4.28. The van der Waals surface area contributed by atoms with E-state index in [1.807, 2.05) is 0 Å². The standard InChI is InChI=1S/C8H13N3O2S/c1-5(2-9)7(12)10-3-6-4-14-8(13)11-6/h4-5H,2-3,9H2,1H3,(H,10,12)(H,11,13). The van der Waals surface area contributed by atoms with Crippen molar-refractivity contribution in [3.05, 3.63) is 20.7 Å². The maximum atomic E-state index is 11.3. The van der Waals surface area contributed by atoms with E-state index in [4.69, 9.17) is 5.73 Å². The maximum absolute atomic E-state index is 11.3. The van der Waals surface area contributed by atoms with E-state index in [0.717, 1.165) is 17.0 Å². The molecule has 1 amide bonds. The predicted octanol–water partition coefficient (Wildman–Crippen LogP) is -0.353. The molecule has 0 aliphatic rings. The van der Waals surface area contributed by atoms with Gasteiger partial charge in [-0.2, -0.15) is 0 Å². The highest BCUT2D eigenvalue weighted by molar-refractivity contribution is 7.07. The van der Waals surface area contributed by atoms with Gasteiger partial charge in [0.15, 0.2) is 0 Å². The number of hydrogen-bond donors (Lipinski definition) is 3. The summed E-state index contributed by atoms with van der Waals surface area (Å²) in [5.74, 6) is -0.292. The van der Waals surface area contributed by atoms with E-state index < -0.39 is 0 Å². The van der Waals surface area contributed by atoms with Crippen molar-refractivity contribution in [1.82, 2.24) is 10.3 Å². The van der Waals surface area contributed by atoms with Crippen molar-refractivity contribution in [2.24, 2.45) is 11.7 Å². The molecule has 1 unspecified atom stereocenters. The Bertz CT molecular complexity index is 357. The van der Waals surface area contributed by atoms with Gasteiger partial charge < -0.3 is 16.0 Å². The highest BCUT2D eigenvalue weighted by atomic mass is 32.1. The average Bonchev–Trinajstić information content (AvgIpc) is 2.59. The number of thiazole rings is 1. The number of hydrogen-bond acceptors (Lipinski definition) is 4. The van der Waals surface area contributed by atoms with Crippen LogP contribution in [0.15, 0.2) is 10.2 Å². The first-order chi connectivity index (χ1) is 6.63. The zero-order chi connectivity index (χ0) is 10.6. The molecule has 1 heterocycles. The van der Waals surface area contributed by atoms with Gasteiger partial charge in [0.1, 0.15) is 0 Å². The molecule has 0 spiro atoms. The fourth-order valence-corrected chi connectivity index (χ4v) is 1.45. The van der Waals surface area contributed by atoms with Crippen molar-refractivity contribution >= 4 is 17.2 Å². The average molecular weight is 215 g/mol. The number of carbonyl (C=O) groups is 1. The van der Waals surface area contributed by atoms with E-state index >= 15 is 0 Å². The molecule has 1 aromatic rings. The number of aromatic nitrogens is 1. The number of aromatic amines is 1. The van der Waals surface area contributed by atoms with Crippen LogP contribution in [0.3, 0.4) is 0 Å². The summed E-state index contributed by atoms with van der Waals surface area (Å²) in [6, 6.07) is 0. The maximum Gasteiger partial charge on any atom is 0.304 e. The first-order valence-corrected chi connectivity index (χ1v) is 5.16. The van der Waals surface area contributed by atoms with E-state index in [0.29, 0.717) is 13.1 Å². The van der Waals surface area contributed by atoms with E-state index in [1.165, 1.54) is 0 Å². The minimum atomic E-state index is -0.194. The Balaban J connectivity index is 2.41. The Kier molecular flexibility index (Phi) is 3.84. The minimum absolute atomic E-state index is 0.0976. The molecule has 0 aliphatic carbocycles. The zero-order valence-corrected chi connectivity index (χ0v) is 8.69. The van der Waals surface area contributed by atoms with Crippen LogP contribution in [-0.2, 0) is 11.3 Å². The summed E-state index contributed by atoms with van der Waals surface area (Å²) < 4.78 is 0. The van der Waals surface area contributed by atoms with Gasteiger partial charge in [0.25, 0.3) is 0 Å². The monoisotopic (exact) mass is 215 g/mol. The van der Waals surface area contributed by atoms with Crippen molar-refractivity contribution < 1.29 is 4.79 Å². The van der Waals surface area contributed by atoms with E-state index in [1.54, 1.807) is 12.3 Å². The van der Waals surface area contributed by atoms with Gasteiger partial charge in [-0.05, 0) is 0 Å². The fourth-order valence-electron chi connectivity index (χ4n) is 0.864. The Hall–Kier alpha value is -1.14. The van der Waals surface area contributed by atoms with Gasteiger partial charge in [0, 0.05) is 23.5 Å². The van der Waals surface area contributed by atoms with Crippen LogP contribution in [0.4, 0.5) is 0 Å². The number of amides is 1. The normalized spacial score (nSPS) is 12.4. The van der Waals surface area contributed by atoms with Gasteiger partial charge in [0.2, 0.25) is 5.91 Å². The van der Waals surface area contributed by atoms with Crippen LogP contribution < -0.4 is 15.9 Å². The Morgan fingerprint density at radius 1 is 1.79 bits per heavy atom. The lowest BCUT2D eigenvalue weighted by atomic mass is 10.2. The Morgan fingerprint density at radius 3 is 3.00 bits per heavy atom. The second-order valence-electron chi connectivity index (χ2n) is 3.03. The predicted molar refractivity (Wildman–Crippen MR) is 55.0 cm³/mol. The number of carbonyl (C=O) groups excluding carboxylic acids is 1. The largest absolute Gasteiger partial charge is 0.350 e. The molecule has 1 atom stereocenters. The molecular weight excluding hydrogens is 202 g/mol. The smallest absolute Gasteiger partial charge is 0.304 e. The third kappa shape index (κ3) is 2.97. The molecule has 0 saturated heterocycles. The second kappa shape index (κ2) is 4.92. The van der Waals surface area contributed by atoms with Crippen molar-refractivity contribution in [3.63, 3.8) is 0 Å². The van der Waals surface area contributed by atoms with Crippen molar-refractivity contribution in [2.45, 2.75) is 13.5 Å². The molecule has 1 aromatic heterocycles. The number of rotatable bonds is 4. The molecule has 0 saturated carbocycles. The quantitative estimate of drug-likeness (QED) is 0.641. The summed E-state index contributed by atoms with van der Waals surface area (Å²) in [7, 11) is 0. The summed E-state index contributed by atoms with van der Waals surface area (Å²) in [4.78, 5) is 24.5. The van der Waals surface area contributed by atoms with Gasteiger partial charge in [-0.25, -0.2) is 0 Å². The summed E-state index contributed by atoms with van der Waals surface area (Å²) in [5, 5.41) is 4.37. The number of nitrogens with one attached hydrogen (secondary N) is 2. The topological polar surface area (TPSA) is 88.0 Å². The lowest BCUT2D eigenvalue weighted by Gasteiger charge is -2.08. The van der Waals surface area contributed by atoms with Crippen LogP contribution >= 0.6 is 11.3 Å². The molecule has 0 bridgehead atoms. The van der Waals surface area contributed by atoms with Gasteiger partial charge in [0.05, 0.1) is 6.54 Å². The molecule has 4 N–H and O–H groups in total. The second-order valence-corrected chi connectivity index (χ2v) is 3.87. The Labute approximate surface area is 85.3 Å². The van der Waals surface area contributed by atoms with Gasteiger partial charge in [-0.1, -0.05) is 18.3 Å².